The molecule has 0 spiro atoms. The fourth-order valence-corrected chi connectivity index (χ4v) is 2.22. The average molecular weight is 349 g/mol. The third-order valence-corrected chi connectivity index (χ3v) is 3.43. The van der Waals surface area contributed by atoms with Crippen molar-refractivity contribution in [3.05, 3.63) is 64.4 Å². The molecule has 108 valence electrons. The van der Waals surface area contributed by atoms with Gasteiger partial charge < -0.3 is 16.3 Å². The number of hydrogen-bond donors (Lipinski definition) is 3. The molecule has 1 amide bonds. The quantitative estimate of drug-likeness (QED) is 0.340. The number of amidine groups is 1. The number of carbonyl (C=O) groups is 1. The Labute approximate surface area is 129 Å². The molecule has 0 saturated heterocycles. The number of amides is 1. The summed E-state index contributed by atoms with van der Waals surface area (Å²) < 4.78 is 0.564. The number of oxime groups is 1. The highest BCUT2D eigenvalue weighted by Gasteiger charge is 2.21. The Morgan fingerprint density at radius 2 is 2.00 bits per heavy atom. The summed E-state index contributed by atoms with van der Waals surface area (Å²) in [6.45, 7) is 0. The SMILES string of the molecule is N/C(=N/O)C(NC(=O)c1ncccc1Br)c1ccccc1. The van der Waals surface area contributed by atoms with Gasteiger partial charge in [0, 0.05) is 10.7 Å². The van der Waals surface area contributed by atoms with Gasteiger partial charge in [-0.1, -0.05) is 35.5 Å². The number of aromatic nitrogens is 1. The van der Waals surface area contributed by atoms with Crippen LogP contribution in [0.25, 0.3) is 0 Å². The molecule has 0 aliphatic rings. The van der Waals surface area contributed by atoms with Gasteiger partial charge in [0.25, 0.3) is 5.91 Å². The lowest BCUT2D eigenvalue weighted by Gasteiger charge is -2.17. The third kappa shape index (κ3) is 3.57. The molecule has 7 heteroatoms. The summed E-state index contributed by atoms with van der Waals surface area (Å²) >= 11 is 3.26. The maximum absolute atomic E-state index is 12.3. The van der Waals surface area contributed by atoms with Gasteiger partial charge >= 0.3 is 0 Å². The number of halogens is 1. The van der Waals surface area contributed by atoms with Crippen LogP contribution in [0.3, 0.4) is 0 Å². The Morgan fingerprint density at radius 3 is 2.62 bits per heavy atom. The predicted molar refractivity (Wildman–Crippen MR) is 82.0 cm³/mol. The van der Waals surface area contributed by atoms with Crippen molar-refractivity contribution in [2.24, 2.45) is 10.9 Å². The van der Waals surface area contributed by atoms with E-state index in [-0.39, 0.29) is 11.5 Å². The van der Waals surface area contributed by atoms with Crippen molar-refractivity contribution < 1.29 is 10.0 Å². The maximum Gasteiger partial charge on any atom is 0.271 e. The zero-order valence-corrected chi connectivity index (χ0v) is 12.5. The fraction of sp³-hybridized carbons (Fsp3) is 0.0714. The summed E-state index contributed by atoms with van der Waals surface area (Å²) in [6.07, 6.45) is 1.51. The highest BCUT2D eigenvalue weighted by Crippen LogP contribution is 2.17. The number of benzene rings is 1. The van der Waals surface area contributed by atoms with E-state index in [1.807, 2.05) is 6.07 Å². The molecule has 0 fully saturated rings. The van der Waals surface area contributed by atoms with E-state index in [9.17, 15) is 4.79 Å². The second-order valence-corrected chi connectivity index (χ2v) is 5.03. The van der Waals surface area contributed by atoms with Crippen LogP contribution in [-0.4, -0.2) is 21.9 Å². The molecule has 1 heterocycles. The lowest BCUT2D eigenvalue weighted by molar-refractivity contribution is 0.0940. The van der Waals surface area contributed by atoms with Gasteiger partial charge in [0.05, 0.1) is 0 Å². The number of pyridine rings is 1. The average Bonchev–Trinajstić information content (AvgIpc) is 2.53. The van der Waals surface area contributed by atoms with Crippen molar-refractivity contribution in [1.29, 1.82) is 0 Å². The molecule has 0 aliphatic heterocycles. The Morgan fingerprint density at radius 1 is 1.29 bits per heavy atom. The number of rotatable bonds is 4. The minimum atomic E-state index is -0.738. The Bertz CT molecular complexity index is 661. The monoisotopic (exact) mass is 348 g/mol. The molecule has 0 saturated carbocycles. The van der Waals surface area contributed by atoms with Crippen LogP contribution in [-0.2, 0) is 0 Å². The molecule has 2 rings (SSSR count). The van der Waals surface area contributed by atoms with Crippen LogP contribution in [0.5, 0.6) is 0 Å². The van der Waals surface area contributed by atoms with E-state index >= 15 is 0 Å². The van der Waals surface area contributed by atoms with Crippen molar-refractivity contribution >= 4 is 27.7 Å². The smallest absolute Gasteiger partial charge is 0.271 e. The van der Waals surface area contributed by atoms with Crippen molar-refractivity contribution in [3.63, 3.8) is 0 Å². The number of nitrogens with one attached hydrogen (secondary N) is 1. The van der Waals surface area contributed by atoms with E-state index in [2.05, 4.69) is 31.4 Å². The number of nitrogens with two attached hydrogens (primary N) is 1. The van der Waals surface area contributed by atoms with Gasteiger partial charge in [0.1, 0.15) is 11.7 Å². The van der Waals surface area contributed by atoms with E-state index in [1.54, 1.807) is 36.4 Å². The Hall–Kier alpha value is -2.41. The molecule has 1 unspecified atom stereocenters. The number of carbonyl (C=O) groups excluding carboxylic acids is 1. The van der Waals surface area contributed by atoms with E-state index < -0.39 is 11.9 Å². The molecule has 0 bridgehead atoms. The summed E-state index contributed by atoms with van der Waals surface area (Å²) in [5, 5.41) is 14.6. The van der Waals surface area contributed by atoms with E-state index in [0.29, 0.717) is 10.0 Å². The first-order chi connectivity index (χ1) is 10.1. The molecular formula is C14H13BrN4O2. The number of nitrogens with zero attached hydrogens (tertiary/aromatic N) is 2. The van der Waals surface area contributed by atoms with Gasteiger partial charge in [-0.2, -0.15) is 0 Å². The lowest BCUT2D eigenvalue weighted by atomic mass is 10.1. The zero-order valence-electron chi connectivity index (χ0n) is 10.9. The van der Waals surface area contributed by atoms with E-state index in [1.165, 1.54) is 6.20 Å². The standard InChI is InChI=1S/C14H13BrN4O2/c15-10-7-4-8-17-12(10)14(20)18-11(13(16)19-21)9-5-2-1-3-6-9/h1-8,11,21H,(H2,16,19)(H,18,20). The second-order valence-electron chi connectivity index (χ2n) is 4.18. The first kappa shape index (κ1) is 15.0. The maximum atomic E-state index is 12.3. The fourth-order valence-electron chi connectivity index (χ4n) is 1.78. The van der Waals surface area contributed by atoms with Crippen molar-refractivity contribution in [3.8, 4) is 0 Å². The molecule has 4 N–H and O–H groups in total. The zero-order chi connectivity index (χ0) is 15.2. The summed E-state index contributed by atoms with van der Waals surface area (Å²) in [6, 6.07) is 11.7. The van der Waals surface area contributed by atoms with Gasteiger partial charge in [-0.25, -0.2) is 4.98 Å². The van der Waals surface area contributed by atoms with Gasteiger partial charge in [0.15, 0.2) is 5.84 Å². The topological polar surface area (TPSA) is 101 Å². The first-order valence-electron chi connectivity index (χ1n) is 6.07. The molecule has 6 nitrogen and oxygen atoms in total. The lowest BCUT2D eigenvalue weighted by Crippen LogP contribution is -2.38. The summed E-state index contributed by atoms with van der Waals surface area (Å²) in [5.41, 5.74) is 6.59. The Balaban J connectivity index is 2.28. The third-order valence-electron chi connectivity index (χ3n) is 2.79. The highest BCUT2D eigenvalue weighted by atomic mass is 79.9. The molecule has 1 aromatic heterocycles. The molecule has 0 aliphatic carbocycles. The summed E-state index contributed by atoms with van der Waals surface area (Å²) in [7, 11) is 0. The van der Waals surface area contributed by atoms with Crippen LogP contribution in [0.1, 0.15) is 22.1 Å². The van der Waals surface area contributed by atoms with Crippen molar-refractivity contribution in [1.82, 2.24) is 10.3 Å². The molecule has 21 heavy (non-hydrogen) atoms. The van der Waals surface area contributed by atoms with Crippen LogP contribution in [0.4, 0.5) is 0 Å². The predicted octanol–water partition coefficient (Wildman–Crippen LogP) is 2.06. The molecule has 1 aromatic carbocycles. The first-order valence-corrected chi connectivity index (χ1v) is 6.86. The summed E-state index contributed by atoms with van der Waals surface area (Å²) in [5.74, 6) is -0.537. The van der Waals surface area contributed by atoms with E-state index in [0.717, 1.165) is 0 Å². The molecule has 0 radical (unpaired) electrons. The number of hydrogen-bond acceptors (Lipinski definition) is 4. The highest BCUT2D eigenvalue weighted by molar-refractivity contribution is 9.10. The van der Waals surface area contributed by atoms with E-state index in [4.69, 9.17) is 10.9 Å². The van der Waals surface area contributed by atoms with Crippen LogP contribution in [0, 0.1) is 0 Å². The van der Waals surface area contributed by atoms with Crippen molar-refractivity contribution in [2.45, 2.75) is 6.04 Å². The normalized spacial score (nSPS) is 12.7. The van der Waals surface area contributed by atoms with Crippen LogP contribution >= 0.6 is 15.9 Å². The second kappa shape index (κ2) is 6.85. The van der Waals surface area contributed by atoms with Gasteiger partial charge in [-0.15, -0.1) is 0 Å². The van der Waals surface area contributed by atoms with Gasteiger partial charge in [-0.3, -0.25) is 4.79 Å². The van der Waals surface area contributed by atoms with Gasteiger partial charge in [-0.05, 0) is 33.6 Å². The van der Waals surface area contributed by atoms with Crippen LogP contribution in [0.2, 0.25) is 0 Å². The molecular weight excluding hydrogens is 336 g/mol. The minimum Gasteiger partial charge on any atom is -0.409 e. The van der Waals surface area contributed by atoms with Crippen LogP contribution < -0.4 is 11.1 Å². The van der Waals surface area contributed by atoms with Gasteiger partial charge in [0.2, 0.25) is 0 Å². The molecule has 1 atom stereocenters. The molecule has 2 aromatic rings. The minimum absolute atomic E-state index is 0.110. The van der Waals surface area contributed by atoms with Crippen molar-refractivity contribution in [2.75, 3.05) is 0 Å². The summed E-state index contributed by atoms with van der Waals surface area (Å²) in [4.78, 5) is 16.3. The largest absolute Gasteiger partial charge is 0.409 e. The van der Waals surface area contributed by atoms with Crippen LogP contribution in [0.15, 0.2) is 58.3 Å². The Kier molecular flexibility index (Phi) is 4.89.